The monoisotopic (exact) mass is 308 g/mol. The molecule has 0 saturated carbocycles. The van der Waals surface area contributed by atoms with Gasteiger partial charge in [-0.1, -0.05) is 6.92 Å². The minimum absolute atomic E-state index is 0.00116. The average molecular weight is 308 g/mol. The Morgan fingerprint density at radius 2 is 2.23 bits per heavy atom. The van der Waals surface area contributed by atoms with Crippen molar-refractivity contribution in [2.75, 3.05) is 13.1 Å². The fourth-order valence-corrected chi connectivity index (χ4v) is 2.02. The molecule has 3 N–H and O–H groups in total. The van der Waals surface area contributed by atoms with E-state index in [0.29, 0.717) is 19.5 Å². The molecule has 1 saturated heterocycles. The zero-order chi connectivity index (χ0) is 16.2. The van der Waals surface area contributed by atoms with Crippen LogP contribution in [0.4, 0.5) is 4.79 Å². The molecule has 2 heterocycles. The number of nitrogens with one attached hydrogen (secondary N) is 3. The second-order valence-corrected chi connectivity index (χ2v) is 5.24. The molecule has 1 aliphatic heterocycles. The van der Waals surface area contributed by atoms with Gasteiger partial charge < -0.3 is 10.6 Å². The lowest BCUT2D eigenvalue weighted by molar-refractivity contribution is -0.138. The van der Waals surface area contributed by atoms with Gasteiger partial charge in [0.2, 0.25) is 0 Å². The highest BCUT2D eigenvalue weighted by atomic mass is 16.2. The van der Waals surface area contributed by atoms with Crippen molar-refractivity contribution < 1.29 is 14.4 Å². The third-order valence-corrected chi connectivity index (χ3v) is 3.57. The van der Waals surface area contributed by atoms with Crippen LogP contribution in [-0.4, -0.2) is 51.3 Å². The van der Waals surface area contributed by atoms with Crippen LogP contribution in [0, 0.1) is 0 Å². The van der Waals surface area contributed by atoms with E-state index >= 15 is 0 Å². The lowest BCUT2D eigenvalue weighted by Gasteiger charge is -2.19. The second-order valence-electron chi connectivity index (χ2n) is 5.24. The van der Waals surface area contributed by atoms with E-state index < -0.39 is 23.4 Å². The van der Waals surface area contributed by atoms with Gasteiger partial charge in [0.25, 0.3) is 11.8 Å². The number of hydrazine groups is 1. The molecule has 1 aromatic heterocycles. The maximum atomic E-state index is 12.1. The normalized spacial score (nSPS) is 21.1. The number of urea groups is 1. The zero-order valence-electron chi connectivity index (χ0n) is 12.6. The van der Waals surface area contributed by atoms with Crippen molar-refractivity contribution >= 4 is 17.8 Å². The number of nitrogens with zero attached hydrogens (tertiary/aromatic N) is 3. The summed E-state index contributed by atoms with van der Waals surface area (Å²) in [5.74, 6) is -0.908. The Hall–Kier alpha value is -2.42. The van der Waals surface area contributed by atoms with Crippen molar-refractivity contribution in [1.29, 1.82) is 0 Å². The lowest BCUT2D eigenvalue weighted by atomic mass is 10.00. The molecule has 0 aliphatic carbocycles. The Bertz CT molecular complexity index is 558. The van der Waals surface area contributed by atoms with Crippen LogP contribution < -0.4 is 16.1 Å². The number of carbonyl (C=O) groups excluding carboxylic acids is 3. The fourth-order valence-electron chi connectivity index (χ4n) is 2.02. The number of aromatic nitrogens is 2. The molecule has 0 radical (unpaired) electrons. The van der Waals surface area contributed by atoms with E-state index in [1.807, 2.05) is 12.3 Å². The predicted octanol–water partition coefficient (Wildman–Crippen LogP) is -0.776. The molecular weight excluding hydrogens is 288 g/mol. The highest BCUT2D eigenvalue weighted by Crippen LogP contribution is 2.18. The summed E-state index contributed by atoms with van der Waals surface area (Å²) in [6, 6.07) is 1.20. The first kappa shape index (κ1) is 16.0. The van der Waals surface area contributed by atoms with Crippen LogP contribution in [0.25, 0.3) is 0 Å². The zero-order valence-corrected chi connectivity index (χ0v) is 12.6. The number of carbonyl (C=O) groups is 3. The Morgan fingerprint density at radius 3 is 2.82 bits per heavy atom. The highest BCUT2D eigenvalue weighted by molar-refractivity contribution is 6.07. The minimum atomic E-state index is -0.960. The van der Waals surface area contributed by atoms with Crippen LogP contribution in [0.1, 0.15) is 20.3 Å². The summed E-state index contributed by atoms with van der Waals surface area (Å²) in [4.78, 5) is 35.6. The van der Waals surface area contributed by atoms with Gasteiger partial charge in [0.05, 0.1) is 13.1 Å². The second kappa shape index (κ2) is 6.56. The molecule has 1 fully saturated rings. The molecule has 1 aromatic rings. The molecule has 0 bridgehead atoms. The molecule has 1 atom stereocenters. The summed E-state index contributed by atoms with van der Waals surface area (Å²) < 4.78 is 1.73. The summed E-state index contributed by atoms with van der Waals surface area (Å²) in [7, 11) is 0. The molecular formula is C13H20N6O3. The van der Waals surface area contributed by atoms with E-state index in [9.17, 15) is 14.4 Å². The van der Waals surface area contributed by atoms with Crippen molar-refractivity contribution in [3.05, 3.63) is 18.5 Å². The van der Waals surface area contributed by atoms with Crippen molar-refractivity contribution in [3.63, 3.8) is 0 Å². The topological polar surface area (TPSA) is 108 Å². The van der Waals surface area contributed by atoms with Gasteiger partial charge in [-0.05, 0) is 19.4 Å². The van der Waals surface area contributed by atoms with Crippen molar-refractivity contribution in [3.8, 4) is 0 Å². The molecule has 0 unspecified atom stereocenters. The maximum absolute atomic E-state index is 12.1. The summed E-state index contributed by atoms with van der Waals surface area (Å²) in [6.45, 7) is 4.59. The molecule has 120 valence electrons. The molecule has 2 rings (SSSR count). The van der Waals surface area contributed by atoms with E-state index in [4.69, 9.17) is 0 Å². The van der Waals surface area contributed by atoms with Crippen LogP contribution >= 0.6 is 0 Å². The third kappa shape index (κ3) is 3.42. The van der Waals surface area contributed by atoms with E-state index in [1.54, 1.807) is 24.7 Å². The van der Waals surface area contributed by atoms with Crippen LogP contribution in [0.15, 0.2) is 18.5 Å². The van der Waals surface area contributed by atoms with E-state index in [2.05, 4.69) is 21.2 Å². The Labute approximate surface area is 128 Å². The van der Waals surface area contributed by atoms with Crippen LogP contribution in [0.2, 0.25) is 0 Å². The van der Waals surface area contributed by atoms with Gasteiger partial charge in [0, 0.05) is 18.9 Å². The first-order chi connectivity index (χ1) is 10.5. The maximum Gasteiger partial charge on any atom is 0.344 e. The van der Waals surface area contributed by atoms with Crippen molar-refractivity contribution in [1.82, 2.24) is 30.8 Å². The van der Waals surface area contributed by atoms with E-state index in [-0.39, 0.29) is 6.54 Å². The number of rotatable bonds is 7. The van der Waals surface area contributed by atoms with Gasteiger partial charge in [-0.3, -0.25) is 19.7 Å². The van der Waals surface area contributed by atoms with Crippen molar-refractivity contribution in [2.45, 2.75) is 32.4 Å². The van der Waals surface area contributed by atoms with E-state index in [1.165, 1.54) is 0 Å². The largest absolute Gasteiger partial charge is 0.344 e. The SMILES string of the molecule is CC[C@]1(C)NC(=O)N(NC(=O)CNCCn2cccn2)C1=O. The molecule has 9 nitrogen and oxygen atoms in total. The summed E-state index contributed by atoms with van der Waals surface area (Å²) >= 11 is 0. The molecule has 0 aromatic carbocycles. The smallest absolute Gasteiger partial charge is 0.322 e. The Morgan fingerprint density at radius 1 is 1.45 bits per heavy atom. The lowest BCUT2D eigenvalue weighted by Crippen LogP contribution is -2.50. The van der Waals surface area contributed by atoms with Crippen LogP contribution in [-0.2, 0) is 16.1 Å². The van der Waals surface area contributed by atoms with Crippen LogP contribution in [0.3, 0.4) is 0 Å². The Kier molecular flexibility index (Phi) is 4.76. The van der Waals surface area contributed by atoms with Gasteiger partial charge in [-0.15, -0.1) is 0 Å². The summed E-state index contributed by atoms with van der Waals surface area (Å²) in [5.41, 5.74) is 1.35. The standard InChI is InChI=1S/C13H20N6O3/c1-3-13(2)11(21)19(12(22)16-13)17-10(20)9-14-6-8-18-7-4-5-15-18/h4-5,7,14H,3,6,8-9H2,1-2H3,(H,16,22)(H,17,20)/t13-/m0/s1. The number of hydrogen-bond donors (Lipinski definition) is 3. The van der Waals surface area contributed by atoms with Gasteiger partial charge in [0.15, 0.2) is 0 Å². The average Bonchev–Trinajstić information content (AvgIpc) is 3.07. The van der Waals surface area contributed by atoms with Crippen LogP contribution in [0.5, 0.6) is 0 Å². The van der Waals surface area contributed by atoms with Gasteiger partial charge >= 0.3 is 6.03 Å². The molecule has 4 amide bonds. The number of amides is 4. The third-order valence-electron chi connectivity index (χ3n) is 3.57. The predicted molar refractivity (Wildman–Crippen MR) is 77.3 cm³/mol. The van der Waals surface area contributed by atoms with Gasteiger partial charge in [0.1, 0.15) is 5.54 Å². The molecule has 9 heteroatoms. The van der Waals surface area contributed by atoms with E-state index in [0.717, 1.165) is 5.01 Å². The summed E-state index contributed by atoms with van der Waals surface area (Å²) in [5, 5.41) is 10.2. The first-order valence-electron chi connectivity index (χ1n) is 7.10. The van der Waals surface area contributed by atoms with Crippen molar-refractivity contribution in [2.24, 2.45) is 0 Å². The highest BCUT2D eigenvalue weighted by Gasteiger charge is 2.47. The fraction of sp³-hybridized carbons (Fsp3) is 0.538. The minimum Gasteiger partial charge on any atom is -0.322 e. The number of imide groups is 1. The number of hydrogen-bond acceptors (Lipinski definition) is 5. The quantitative estimate of drug-likeness (QED) is 0.452. The first-order valence-corrected chi connectivity index (χ1v) is 7.10. The molecule has 1 aliphatic rings. The summed E-state index contributed by atoms with van der Waals surface area (Å²) in [6.07, 6.45) is 3.95. The molecule has 0 spiro atoms. The Balaban J connectivity index is 1.75. The molecule has 22 heavy (non-hydrogen) atoms. The van der Waals surface area contributed by atoms with Gasteiger partial charge in [-0.25, -0.2) is 4.79 Å². The van der Waals surface area contributed by atoms with Gasteiger partial charge in [-0.2, -0.15) is 10.1 Å².